The number of hydrogen-bond donors (Lipinski definition) is 3. The standard InChI is InChI=1S/C49H58N6O10/c1-6-19-64-49(61)55-38-27-43(32(3)23-37(38)47(60)54-28-31(2)22-41(54)48(55)65-45-12-7-8-20-63-45)62-21-9-11-44(58)51-36-26-39(53(5)30-36)42(57)24-33-13-15-34(16-14-33)35-25-40(52(4)29-35)46(59)50-17-10-18-56/h6,13-16,23,25-27,29-30,41,45,48,56H,1-2,7-12,17-22,24,28H2,3-5H3,(H,50,59)(H,51,58)/t41-,45?,48?/m0/s1. The van der Waals surface area contributed by atoms with E-state index in [2.05, 4.69) is 23.8 Å². The van der Waals surface area contributed by atoms with Crippen LogP contribution in [0.15, 0.2) is 85.7 Å². The molecule has 65 heavy (non-hydrogen) atoms. The second-order valence-electron chi connectivity index (χ2n) is 16.7. The molecule has 3 N–H and O–H groups in total. The Balaban J connectivity index is 0.961. The van der Waals surface area contributed by atoms with Gasteiger partial charge < -0.3 is 48.7 Å². The number of fused-ring (bicyclic) bond motifs is 2. The van der Waals surface area contributed by atoms with Gasteiger partial charge in [0.15, 0.2) is 18.3 Å². The third-order valence-electron chi connectivity index (χ3n) is 11.8. The van der Waals surface area contributed by atoms with Crippen molar-refractivity contribution >= 4 is 41.0 Å². The van der Waals surface area contributed by atoms with Crippen LogP contribution in [0, 0.1) is 6.92 Å². The van der Waals surface area contributed by atoms with Crippen molar-refractivity contribution in [2.45, 2.75) is 76.9 Å². The third kappa shape index (κ3) is 10.9. The van der Waals surface area contributed by atoms with E-state index in [1.165, 1.54) is 11.0 Å². The first-order valence-electron chi connectivity index (χ1n) is 22.1. The number of nitrogens with zero attached hydrogens (tertiary/aromatic N) is 4. The van der Waals surface area contributed by atoms with Crippen molar-refractivity contribution in [2.24, 2.45) is 14.1 Å². The van der Waals surface area contributed by atoms with Crippen LogP contribution in [0.2, 0.25) is 0 Å². The maximum absolute atomic E-state index is 14.2. The van der Waals surface area contributed by atoms with Crippen LogP contribution >= 0.6 is 0 Å². The second-order valence-corrected chi connectivity index (χ2v) is 16.7. The summed E-state index contributed by atoms with van der Waals surface area (Å²) < 4.78 is 27.7. The molecule has 3 aliphatic rings. The molecular formula is C49H58N6O10. The van der Waals surface area contributed by atoms with E-state index in [-0.39, 0.29) is 61.9 Å². The van der Waals surface area contributed by atoms with E-state index in [4.69, 9.17) is 24.1 Å². The number of nitrogens with one attached hydrogen (secondary N) is 2. The third-order valence-corrected chi connectivity index (χ3v) is 11.8. The molecule has 5 heterocycles. The topological polar surface area (TPSA) is 183 Å². The molecule has 0 radical (unpaired) electrons. The summed E-state index contributed by atoms with van der Waals surface area (Å²) in [4.78, 5) is 70.2. The Kier molecular flexibility index (Phi) is 15.0. The minimum Gasteiger partial charge on any atom is -0.493 e. The van der Waals surface area contributed by atoms with Crippen molar-refractivity contribution in [3.8, 4) is 16.9 Å². The normalized spacial score (nSPS) is 18.1. The molecule has 4 amide bonds. The van der Waals surface area contributed by atoms with Gasteiger partial charge in [-0.1, -0.05) is 49.1 Å². The van der Waals surface area contributed by atoms with Gasteiger partial charge in [-0.3, -0.25) is 19.2 Å². The smallest absolute Gasteiger partial charge is 0.416 e. The molecule has 4 aromatic rings. The number of aryl methyl sites for hydroxylation is 3. The molecule has 2 aromatic carbocycles. The molecule has 3 aliphatic heterocycles. The summed E-state index contributed by atoms with van der Waals surface area (Å²) in [7, 11) is 3.55. The van der Waals surface area contributed by atoms with E-state index >= 15 is 0 Å². The van der Waals surface area contributed by atoms with E-state index in [0.717, 1.165) is 35.1 Å². The van der Waals surface area contributed by atoms with Gasteiger partial charge in [-0.05, 0) is 80.3 Å². The second kappa shape index (κ2) is 21.0. The van der Waals surface area contributed by atoms with E-state index in [9.17, 15) is 24.0 Å². The number of ketones is 1. The lowest BCUT2D eigenvalue weighted by atomic mass is 10.0. The molecule has 7 rings (SSSR count). The van der Waals surface area contributed by atoms with Gasteiger partial charge in [-0.15, -0.1) is 0 Å². The number of carbonyl (C=O) groups is 5. The minimum absolute atomic E-state index is 0.00529. The van der Waals surface area contributed by atoms with Crippen molar-refractivity contribution in [3.63, 3.8) is 0 Å². The Bertz CT molecular complexity index is 2430. The number of rotatable bonds is 18. The van der Waals surface area contributed by atoms with Crippen LogP contribution < -0.4 is 20.3 Å². The summed E-state index contributed by atoms with van der Waals surface area (Å²) in [6, 6.07) is 13.9. The molecule has 2 unspecified atom stereocenters. The number of hydrogen-bond acceptors (Lipinski definition) is 10. The number of benzene rings is 2. The Morgan fingerprint density at radius 3 is 2.51 bits per heavy atom. The fourth-order valence-corrected chi connectivity index (χ4v) is 8.46. The van der Waals surface area contributed by atoms with E-state index in [0.29, 0.717) is 79.3 Å². The molecule has 0 spiro atoms. The number of Topliss-reactive ketones (excluding diaryl/α,β-unsaturated/α-hetero) is 1. The highest BCUT2D eigenvalue weighted by atomic mass is 16.7. The van der Waals surface area contributed by atoms with Crippen LogP contribution in [0.4, 0.5) is 16.2 Å². The Morgan fingerprint density at radius 2 is 1.77 bits per heavy atom. The predicted molar refractivity (Wildman–Crippen MR) is 244 cm³/mol. The fourth-order valence-electron chi connectivity index (χ4n) is 8.46. The highest BCUT2D eigenvalue weighted by Crippen LogP contribution is 2.41. The summed E-state index contributed by atoms with van der Waals surface area (Å²) >= 11 is 0. The van der Waals surface area contributed by atoms with Gasteiger partial charge in [0.05, 0.1) is 35.3 Å². The number of anilines is 2. The number of ether oxygens (including phenoxy) is 4. The highest BCUT2D eigenvalue weighted by molar-refractivity contribution is 6.06. The van der Waals surface area contributed by atoms with Gasteiger partial charge in [0.2, 0.25) is 5.91 Å². The van der Waals surface area contributed by atoms with Crippen molar-refractivity contribution in [1.29, 1.82) is 0 Å². The summed E-state index contributed by atoms with van der Waals surface area (Å²) in [5, 5.41) is 14.7. The Hall–Kier alpha value is -6.49. The lowest BCUT2D eigenvalue weighted by Gasteiger charge is -2.38. The first-order valence-corrected chi connectivity index (χ1v) is 22.1. The molecule has 344 valence electrons. The maximum Gasteiger partial charge on any atom is 0.416 e. The predicted octanol–water partition coefficient (Wildman–Crippen LogP) is 6.46. The van der Waals surface area contributed by atoms with Crippen molar-refractivity contribution in [1.82, 2.24) is 19.4 Å². The van der Waals surface area contributed by atoms with Crippen LogP contribution in [-0.2, 0) is 39.5 Å². The first kappa shape index (κ1) is 46.5. The summed E-state index contributed by atoms with van der Waals surface area (Å²) in [6.45, 7) is 11.0. The van der Waals surface area contributed by atoms with Gasteiger partial charge in [0.25, 0.3) is 11.8 Å². The largest absolute Gasteiger partial charge is 0.493 e. The number of aromatic nitrogens is 2. The zero-order chi connectivity index (χ0) is 46.2. The number of aliphatic hydroxyl groups is 1. The van der Waals surface area contributed by atoms with Crippen molar-refractivity contribution < 1.29 is 48.0 Å². The van der Waals surface area contributed by atoms with E-state index < -0.39 is 24.7 Å². The van der Waals surface area contributed by atoms with Gasteiger partial charge in [-0.25, -0.2) is 9.69 Å². The van der Waals surface area contributed by atoms with Crippen molar-refractivity contribution in [2.75, 3.05) is 49.7 Å². The molecule has 2 saturated heterocycles. The monoisotopic (exact) mass is 890 g/mol. The van der Waals surface area contributed by atoms with Crippen molar-refractivity contribution in [3.05, 3.63) is 114 Å². The van der Waals surface area contributed by atoms with Gasteiger partial charge in [-0.2, -0.15) is 0 Å². The lowest BCUT2D eigenvalue weighted by molar-refractivity contribution is -0.195. The minimum atomic E-state index is -0.930. The SMILES string of the molecule is C=CCOC(=O)N1c2cc(OCCCC(=O)Nc3cc(C(=O)Cc4ccc(-c5cc(C(=O)NCCCO)n(C)c5)cc4)n(C)c3)c(C)cc2C(=O)N2CC(=C)C[C@H]2C1OC1CCCCO1. The van der Waals surface area contributed by atoms with Crippen LogP contribution in [0.25, 0.3) is 11.1 Å². The van der Waals surface area contributed by atoms with E-state index in [1.807, 2.05) is 43.5 Å². The maximum atomic E-state index is 14.2. The van der Waals surface area contributed by atoms with Crippen LogP contribution in [0.1, 0.15) is 87.4 Å². The molecule has 0 bridgehead atoms. The molecule has 16 nitrogen and oxygen atoms in total. The average molecular weight is 891 g/mol. The molecule has 3 atom stereocenters. The fraction of sp³-hybridized carbons (Fsp3) is 0.408. The van der Waals surface area contributed by atoms with Crippen LogP contribution in [-0.4, -0.2) is 107 Å². The lowest BCUT2D eigenvalue weighted by Crippen LogP contribution is -2.54. The van der Waals surface area contributed by atoms with Gasteiger partial charge in [0, 0.05) is 77.3 Å². The summed E-state index contributed by atoms with van der Waals surface area (Å²) in [5.74, 6) is -0.416. The summed E-state index contributed by atoms with van der Waals surface area (Å²) in [6.07, 6.45) is 6.85. The molecule has 0 aliphatic carbocycles. The van der Waals surface area contributed by atoms with Gasteiger partial charge in [0.1, 0.15) is 18.1 Å². The van der Waals surface area contributed by atoms with Crippen LogP contribution in [0.3, 0.4) is 0 Å². The number of amides is 4. The molecule has 0 saturated carbocycles. The van der Waals surface area contributed by atoms with Crippen LogP contribution in [0.5, 0.6) is 5.75 Å². The zero-order valence-electron chi connectivity index (χ0n) is 37.3. The molecular weight excluding hydrogens is 833 g/mol. The summed E-state index contributed by atoms with van der Waals surface area (Å²) in [5.41, 5.74) is 6.12. The molecule has 2 fully saturated rings. The first-order chi connectivity index (χ1) is 31.3. The number of carbonyl (C=O) groups excluding carboxylic acids is 5. The highest BCUT2D eigenvalue weighted by Gasteiger charge is 2.48. The molecule has 2 aromatic heterocycles. The Labute approximate surface area is 378 Å². The van der Waals surface area contributed by atoms with E-state index in [1.54, 1.807) is 52.5 Å². The quantitative estimate of drug-likeness (QED) is 0.0570. The molecule has 16 heteroatoms. The average Bonchev–Trinajstić information content (AvgIpc) is 3.99. The zero-order valence-corrected chi connectivity index (χ0v) is 37.3. The Morgan fingerprint density at radius 1 is 0.985 bits per heavy atom. The van der Waals surface area contributed by atoms with Gasteiger partial charge >= 0.3 is 6.09 Å². The number of aliphatic hydroxyl groups excluding tert-OH is 1.